The molecule has 0 aliphatic carbocycles. The molecule has 0 unspecified atom stereocenters. The second-order valence-electron chi connectivity index (χ2n) is 4.65. The van der Waals surface area contributed by atoms with Crippen molar-refractivity contribution >= 4 is 40.9 Å². The molecule has 1 aliphatic heterocycles. The van der Waals surface area contributed by atoms with E-state index in [2.05, 4.69) is 16.6 Å². The number of thioether (sulfide) groups is 1. The maximum atomic E-state index is 12.2. The first kappa shape index (κ1) is 15.9. The number of nitrogens with zero attached hydrogens (tertiary/aromatic N) is 1. The Hall–Kier alpha value is -0.490. The zero-order valence-electron chi connectivity index (χ0n) is 11.1. The van der Waals surface area contributed by atoms with Crippen LogP contribution in [0.15, 0.2) is 12.1 Å². The largest absolute Gasteiger partial charge is 0.381 e. The van der Waals surface area contributed by atoms with Crippen LogP contribution >= 0.6 is 35.0 Å². The number of hydrogen-bond donors (Lipinski definition) is 1. The summed E-state index contributed by atoms with van der Waals surface area (Å²) in [5.74, 6) is -0.223. The van der Waals surface area contributed by atoms with Crippen molar-refractivity contribution in [2.45, 2.75) is 17.6 Å². The van der Waals surface area contributed by atoms with Crippen molar-refractivity contribution in [2.75, 3.05) is 26.0 Å². The second-order valence-corrected chi connectivity index (χ2v) is 6.67. The first-order valence-electron chi connectivity index (χ1n) is 6.29. The highest BCUT2D eigenvalue weighted by molar-refractivity contribution is 8.00. The number of rotatable bonds is 4. The van der Waals surface area contributed by atoms with Gasteiger partial charge in [-0.1, -0.05) is 23.2 Å². The Labute approximate surface area is 132 Å². The van der Waals surface area contributed by atoms with E-state index in [1.165, 1.54) is 0 Å². The number of nitrogens with one attached hydrogen (secondary N) is 1. The maximum absolute atomic E-state index is 12.2. The molecular formula is C13H16Cl2N2O2S. The molecule has 0 spiro atoms. The molecule has 1 fully saturated rings. The number of carbonyl (C=O) groups is 1. The summed E-state index contributed by atoms with van der Waals surface area (Å²) in [6, 6.07) is 3.14. The summed E-state index contributed by atoms with van der Waals surface area (Å²) in [4.78, 5) is 16.0. The van der Waals surface area contributed by atoms with E-state index in [0.29, 0.717) is 12.1 Å². The van der Waals surface area contributed by atoms with Gasteiger partial charge >= 0.3 is 0 Å². The lowest BCUT2D eigenvalue weighted by molar-refractivity contribution is 0.0742. The van der Waals surface area contributed by atoms with Gasteiger partial charge in [-0.3, -0.25) is 4.79 Å². The van der Waals surface area contributed by atoms with Crippen LogP contribution in [0.2, 0.25) is 10.3 Å². The zero-order valence-corrected chi connectivity index (χ0v) is 13.4. The third-order valence-electron chi connectivity index (χ3n) is 3.47. The van der Waals surface area contributed by atoms with Gasteiger partial charge in [0.15, 0.2) is 0 Å². The monoisotopic (exact) mass is 334 g/mol. The van der Waals surface area contributed by atoms with Gasteiger partial charge in [0.2, 0.25) is 0 Å². The summed E-state index contributed by atoms with van der Waals surface area (Å²) in [7, 11) is 0. The average molecular weight is 335 g/mol. The Balaban J connectivity index is 2.00. The van der Waals surface area contributed by atoms with E-state index >= 15 is 0 Å². The van der Waals surface area contributed by atoms with Gasteiger partial charge in [0.25, 0.3) is 5.91 Å². The smallest absolute Gasteiger partial charge is 0.254 e. The van der Waals surface area contributed by atoms with Crippen molar-refractivity contribution in [3.8, 4) is 0 Å². The van der Waals surface area contributed by atoms with Crippen molar-refractivity contribution in [1.82, 2.24) is 10.3 Å². The molecule has 1 amide bonds. The van der Waals surface area contributed by atoms with Crippen LogP contribution in [0, 0.1) is 0 Å². The number of aromatic nitrogens is 1. The number of hydrogen-bond acceptors (Lipinski definition) is 4. The van der Waals surface area contributed by atoms with E-state index in [9.17, 15) is 4.79 Å². The van der Waals surface area contributed by atoms with E-state index < -0.39 is 0 Å². The summed E-state index contributed by atoms with van der Waals surface area (Å²) in [5, 5.41) is 3.34. The molecule has 0 radical (unpaired) electrons. The number of halogens is 2. The average Bonchev–Trinajstić information content (AvgIpc) is 2.46. The molecule has 1 N–H and O–H groups in total. The summed E-state index contributed by atoms with van der Waals surface area (Å²) in [6.07, 6.45) is 3.93. The topological polar surface area (TPSA) is 51.2 Å². The van der Waals surface area contributed by atoms with Crippen LogP contribution in [-0.4, -0.2) is 41.7 Å². The molecule has 0 aromatic carbocycles. The first-order valence-corrected chi connectivity index (χ1v) is 8.27. The summed E-state index contributed by atoms with van der Waals surface area (Å²) in [5.41, 5.74) is 0.347. The third-order valence-corrected chi connectivity index (χ3v) is 5.38. The summed E-state index contributed by atoms with van der Waals surface area (Å²) < 4.78 is 5.42. The highest BCUT2D eigenvalue weighted by Crippen LogP contribution is 2.33. The van der Waals surface area contributed by atoms with Gasteiger partial charge < -0.3 is 10.1 Å². The molecule has 110 valence electrons. The predicted octanol–water partition coefficient (Wildman–Crippen LogP) is 3.03. The molecule has 2 heterocycles. The molecule has 1 aromatic rings. The Morgan fingerprint density at radius 2 is 2.15 bits per heavy atom. The Morgan fingerprint density at radius 1 is 1.45 bits per heavy atom. The van der Waals surface area contributed by atoms with Crippen LogP contribution in [0.3, 0.4) is 0 Å². The minimum absolute atomic E-state index is 0.0419. The number of amides is 1. The Bertz CT molecular complexity index is 493. The van der Waals surface area contributed by atoms with E-state index in [4.69, 9.17) is 27.9 Å². The number of ether oxygens (including phenoxy) is 1. The quantitative estimate of drug-likeness (QED) is 0.860. The summed E-state index contributed by atoms with van der Waals surface area (Å²) in [6.45, 7) is 2.06. The fraction of sp³-hybridized carbons (Fsp3) is 0.538. The molecule has 1 aromatic heterocycles. The fourth-order valence-corrected chi connectivity index (χ4v) is 3.34. The van der Waals surface area contributed by atoms with Gasteiger partial charge in [-0.2, -0.15) is 11.8 Å². The molecule has 0 bridgehead atoms. The molecule has 2 rings (SSSR count). The van der Waals surface area contributed by atoms with E-state index in [1.54, 1.807) is 23.9 Å². The first-order chi connectivity index (χ1) is 9.56. The highest BCUT2D eigenvalue weighted by Gasteiger charge is 2.32. The van der Waals surface area contributed by atoms with E-state index in [0.717, 1.165) is 26.1 Å². The predicted molar refractivity (Wildman–Crippen MR) is 82.9 cm³/mol. The lowest BCUT2D eigenvalue weighted by Crippen LogP contribution is -2.44. The molecule has 7 heteroatoms. The van der Waals surface area contributed by atoms with Crippen molar-refractivity contribution in [3.63, 3.8) is 0 Å². The molecule has 0 atom stereocenters. The van der Waals surface area contributed by atoms with Gasteiger partial charge in [0.1, 0.15) is 10.3 Å². The highest BCUT2D eigenvalue weighted by atomic mass is 35.5. The molecule has 20 heavy (non-hydrogen) atoms. The molecular weight excluding hydrogens is 319 g/mol. The molecule has 0 saturated carbocycles. The van der Waals surface area contributed by atoms with Crippen molar-refractivity contribution < 1.29 is 9.53 Å². The van der Waals surface area contributed by atoms with E-state index in [-0.39, 0.29) is 21.0 Å². The molecule has 1 aliphatic rings. The normalized spacial score (nSPS) is 17.8. The Morgan fingerprint density at radius 3 is 2.75 bits per heavy atom. The third kappa shape index (κ3) is 3.79. The lowest BCUT2D eigenvalue weighted by atomic mass is 9.99. The van der Waals surface area contributed by atoms with Crippen LogP contribution in [0.5, 0.6) is 0 Å². The van der Waals surface area contributed by atoms with Crippen LogP contribution in [-0.2, 0) is 4.74 Å². The fourth-order valence-electron chi connectivity index (χ4n) is 2.11. The molecule has 1 saturated heterocycles. The van der Waals surface area contributed by atoms with Crippen LogP contribution in [0.1, 0.15) is 23.2 Å². The van der Waals surface area contributed by atoms with Crippen molar-refractivity contribution in [3.05, 3.63) is 28.0 Å². The lowest BCUT2D eigenvalue weighted by Gasteiger charge is -2.35. The minimum atomic E-state index is -0.223. The van der Waals surface area contributed by atoms with Crippen LogP contribution in [0.25, 0.3) is 0 Å². The van der Waals surface area contributed by atoms with Gasteiger partial charge in [-0.15, -0.1) is 0 Å². The maximum Gasteiger partial charge on any atom is 0.254 e. The van der Waals surface area contributed by atoms with Gasteiger partial charge in [0, 0.05) is 24.5 Å². The summed E-state index contributed by atoms with van der Waals surface area (Å²) >= 11 is 13.4. The van der Waals surface area contributed by atoms with E-state index in [1.807, 2.05) is 0 Å². The van der Waals surface area contributed by atoms with Crippen molar-refractivity contribution in [2.24, 2.45) is 0 Å². The van der Waals surface area contributed by atoms with Gasteiger partial charge in [-0.05, 0) is 31.2 Å². The van der Waals surface area contributed by atoms with Gasteiger partial charge in [0.05, 0.1) is 5.56 Å². The number of pyridine rings is 1. The van der Waals surface area contributed by atoms with Gasteiger partial charge in [-0.25, -0.2) is 4.98 Å². The number of carbonyl (C=O) groups excluding carboxylic acids is 1. The molecule has 4 nitrogen and oxygen atoms in total. The van der Waals surface area contributed by atoms with Crippen LogP contribution in [0.4, 0.5) is 0 Å². The second kappa shape index (κ2) is 6.98. The Kier molecular flexibility index (Phi) is 5.55. The zero-order chi connectivity index (χ0) is 14.6. The van der Waals surface area contributed by atoms with Crippen molar-refractivity contribution in [1.29, 1.82) is 0 Å². The SMILES string of the molecule is CSC1(CNC(=O)c2ccc(Cl)nc2Cl)CCOCC1. The standard InChI is InChI=1S/C13H16Cl2N2O2S/c1-20-13(4-6-19-7-5-13)8-16-12(18)9-2-3-10(14)17-11(9)15/h2-3H,4-8H2,1H3,(H,16,18). The minimum Gasteiger partial charge on any atom is -0.381 e. The van der Waals surface area contributed by atoms with Crippen LogP contribution < -0.4 is 5.32 Å².